The van der Waals surface area contributed by atoms with E-state index < -0.39 is 0 Å². The van der Waals surface area contributed by atoms with Crippen LogP contribution in [-0.4, -0.2) is 13.2 Å². The van der Waals surface area contributed by atoms with Crippen molar-refractivity contribution in [2.24, 2.45) is 5.92 Å². The molecule has 1 aromatic carbocycles. The molecule has 0 amide bonds. The maximum Gasteiger partial charge on any atom is 0.133 e. The van der Waals surface area contributed by atoms with E-state index in [1.165, 1.54) is 31.4 Å². The SMILES string of the molecule is COc1ccc(NC2CCC(C)CC2)cc1Br. The van der Waals surface area contributed by atoms with Crippen LogP contribution in [0.2, 0.25) is 0 Å². The summed E-state index contributed by atoms with van der Waals surface area (Å²) in [4.78, 5) is 0. The van der Waals surface area contributed by atoms with Gasteiger partial charge in [-0.25, -0.2) is 0 Å². The number of hydrogen-bond acceptors (Lipinski definition) is 2. The Morgan fingerprint density at radius 3 is 2.53 bits per heavy atom. The lowest BCUT2D eigenvalue weighted by Gasteiger charge is -2.27. The molecule has 3 heteroatoms. The fourth-order valence-electron chi connectivity index (χ4n) is 2.40. The Labute approximate surface area is 112 Å². The molecule has 2 rings (SSSR count). The van der Waals surface area contributed by atoms with Crippen LogP contribution in [0.1, 0.15) is 32.6 Å². The largest absolute Gasteiger partial charge is 0.496 e. The topological polar surface area (TPSA) is 21.3 Å². The molecule has 1 N–H and O–H groups in total. The van der Waals surface area contributed by atoms with E-state index >= 15 is 0 Å². The molecule has 0 spiro atoms. The van der Waals surface area contributed by atoms with Crippen LogP contribution in [0.25, 0.3) is 0 Å². The zero-order valence-corrected chi connectivity index (χ0v) is 12.1. The Kier molecular flexibility index (Phi) is 4.32. The van der Waals surface area contributed by atoms with Gasteiger partial charge in [-0.2, -0.15) is 0 Å². The summed E-state index contributed by atoms with van der Waals surface area (Å²) in [6.45, 7) is 2.35. The molecule has 2 nitrogen and oxygen atoms in total. The molecular weight excluding hydrogens is 278 g/mol. The molecule has 0 aliphatic heterocycles. The van der Waals surface area contributed by atoms with Crippen LogP contribution in [0.15, 0.2) is 22.7 Å². The quantitative estimate of drug-likeness (QED) is 0.890. The van der Waals surface area contributed by atoms with Gasteiger partial charge in [0, 0.05) is 11.7 Å². The molecule has 17 heavy (non-hydrogen) atoms. The standard InChI is InChI=1S/C14H20BrNO/c1-10-3-5-11(6-4-10)16-12-7-8-14(17-2)13(15)9-12/h7-11,16H,3-6H2,1-2H3. The summed E-state index contributed by atoms with van der Waals surface area (Å²) in [7, 11) is 1.69. The van der Waals surface area contributed by atoms with Gasteiger partial charge in [0.05, 0.1) is 11.6 Å². The normalized spacial score (nSPS) is 24.4. The van der Waals surface area contributed by atoms with Crippen molar-refractivity contribution in [3.8, 4) is 5.75 Å². The fraction of sp³-hybridized carbons (Fsp3) is 0.571. The first-order chi connectivity index (χ1) is 8.19. The summed E-state index contributed by atoms with van der Waals surface area (Å²) in [6, 6.07) is 6.81. The summed E-state index contributed by atoms with van der Waals surface area (Å²) >= 11 is 3.52. The van der Waals surface area contributed by atoms with Crippen molar-refractivity contribution in [2.45, 2.75) is 38.6 Å². The smallest absolute Gasteiger partial charge is 0.133 e. The van der Waals surface area contributed by atoms with Crippen molar-refractivity contribution in [3.63, 3.8) is 0 Å². The van der Waals surface area contributed by atoms with Gasteiger partial charge in [-0.15, -0.1) is 0 Å². The molecule has 0 unspecified atom stereocenters. The number of hydrogen-bond donors (Lipinski definition) is 1. The molecule has 1 fully saturated rings. The first kappa shape index (κ1) is 12.7. The number of rotatable bonds is 3. The highest BCUT2D eigenvalue weighted by molar-refractivity contribution is 9.10. The minimum absolute atomic E-state index is 0.631. The molecule has 1 saturated carbocycles. The lowest BCUT2D eigenvalue weighted by atomic mass is 9.87. The zero-order chi connectivity index (χ0) is 12.3. The van der Waals surface area contributed by atoms with E-state index in [-0.39, 0.29) is 0 Å². The molecule has 0 aromatic heterocycles. The predicted molar refractivity (Wildman–Crippen MR) is 75.7 cm³/mol. The van der Waals surface area contributed by atoms with Crippen molar-refractivity contribution >= 4 is 21.6 Å². The Balaban J connectivity index is 1.97. The lowest BCUT2D eigenvalue weighted by molar-refractivity contribution is 0.361. The third-order valence-corrected chi connectivity index (χ3v) is 4.16. The molecule has 0 radical (unpaired) electrons. The van der Waals surface area contributed by atoms with Crippen LogP contribution in [0.3, 0.4) is 0 Å². The summed E-state index contributed by atoms with van der Waals surface area (Å²) in [5.41, 5.74) is 1.18. The molecule has 0 bridgehead atoms. The first-order valence-corrected chi connectivity index (χ1v) is 7.08. The number of benzene rings is 1. The maximum absolute atomic E-state index is 5.23. The van der Waals surface area contributed by atoms with Gasteiger partial charge >= 0.3 is 0 Å². The number of methoxy groups -OCH3 is 1. The van der Waals surface area contributed by atoms with Gasteiger partial charge in [0.15, 0.2) is 0 Å². The van der Waals surface area contributed by atoms with Crippen LogP contribution in [-0.2, 0) is 0 Å². The van der Waals surface area contributed by atoms with E-state index in [4.69, 9.17) is 4.74 Å². The van der Waals surface area contributed by atoms with Gasteiger partial charge in [-0.1, -0.05) is 6.92 Å². The first-order valence-electron chi connectivity index (χ1n) is 6.29. The summed E-state index contributed by atoms with van der Waals surface area (Å²) in [5.74, 6) is 1.78. The van der Waals surface area contributed by atoms with Crippen molar-refractivity contribution in [1.82, 2.24) is 0 Å². The Bertz CT molecular complexity index is 372. The highest BCUT2D eigenvalue weighted by Gasteiger charge is 2.17. The van der Waals surface area contributed by atoms with E-state index in [1.54, 1.807) is 7.11 Å². The molecule has 1 aromatic rings. The van der Waals surface area contributed by atoms with Gasteiger partial charge in [-0.3, -0.25) is 0 Å². The Morgan fingerprint density at radius 2 is 1.94 bits per heavy atom. The molecule has 0 saturated heterocycles. The third-order valence-electron chi connectivity index (χ3n) is 3.54. The summed E-state index contributed by atoms with van der Waals surface area (Å²) < 4.78 is 6.24. The highest BCUT2D eigenvalue weighted by atomic mass is 79.9. The van der Waals surface area contributed by atoms with Crippen LogP contribution >= 0.6 is 15.9 Å². The molecule has 1 aliphatic rings. The molecule has 1 aliphatic carbocycles. The lowest BCUT2D eigenvalue weighted by Crippen LogP contribution is -2.25. The second-order valence-corrected chi connectivity index (χ2v) is 5.80. The number of anilines is 1. The number of ether oxygens (including phenoxy) is 1. The van der Waals surface area contributed by atoms with E-state index in [9.17, 15) is 0 Å². The minimum Gasteiger partial charge on any atom is -0.496 e. The van der Waals surface area contributed by atoms with Gasteiger partial charge in [0.1, 0.15) is 5.75 Å². The van der Waals surface area contributed by atoms with Gasteiger partial charge in [-0.05, 0) is 65.7 Å². The second kappa shape index (κ2) is 5.76. The van der Waals surface area contributed by atoms with E-state index in [1.807, 2.05) is 6.07 Å². The predicted octanol–water partition coefficient (Wildman–Crippen LogP) is 4.45. The highest BCUT2D eigenvalue weighted by Crippen LogP contribution is 2.30. The average Bonchev–Trinajstić information content (AvgIpc) is 2.32. The molecule has 94 valence electrons. The van der Waals surface area contributed by atoms with Gasteiger partial charge in [0.2, 0.25) is 0 Å². The Morgan fingerprint density at radius 1 is 1.24 bits per heavy atom. The zero-order valence-electron chi connectivity index (χ0n) is 10.5. The summed E-state index contributed by atoms with van der Waals surface area (Å²) in [5, 5.41) is 3.61. The monoisotopic (exact) mass is 297 g/mol. The van der Waals surface area contributed by atoms with Crippen molar-refractivity contribution in [3.05, 3.63) is 22.7 Å². The maximum atomic E-state index is 5.23. The van der Waals surface area contributed by atoms with Crippen molar-refractivity contribution in [1.29, 1.82) is 0 Å². The third kappa shape index (κ3) is 3.38. The molecular formula is C14H20BrNO. The van der Waals surface area contributed by atoms with Gasteiger partial charge < -0.3 is 10.1 Å². The minimum atomic E-state index is 0.631. The van der Waals surface area contributed by atoms with E-state index in [0.717, 1.165) is 16.1 Å². The Hall–Kier alpha value is -0.700. The van der Waals surface area contributed by atoms with Crippen LogP contribution in [0, 0.1) is 5.92 Å². The van der Waals surface area contributed by atoms with Crippen molar-refractivity contribution < 1.29 is 4.74 Å². The number of halogens is 1. The van der Waals surface area contributed by atoms with Crippen LogP contribution in [0.5, 0.6) is 5.75 Å². The fourth-order valence-corrected chi connectivity index (χ4v) is 2.94. The van der Waals surface area contributed by atoms with E-state index in [2.05, 4.69) is 40.3 Å². The number of nitrogens with one attached hydrogen (secondary N) is 1. The van der Waals surface area contributed by atoms with Crippen LogP contribution in [0.4, 0.5) is 5.69 Å². The molecule has 0 heterocycles. The van der Waals surface area contributed by atoms with Crippen molar-refractivity contribution in [2.75, 3.05) is 12.4 Å². The van der Waals surface area contributed by atoms with E-state index in [0.29, 0.717) is 6.04 Å². The van der Waals surface area contributed by atoms with Crippen LogP contribution < -0.4 is 10.1 Å². The van der Waals surface area contributed by atoms with Gasteiger partial charge in [0.25, 0.3) is 0 Å². The average molecular weight is 298 g/mol. The second-order valence-electron chi connectivity index (χ2n) is 4.95. The summed E-state index contributed by atoms with van der Waals surface area (Å²) in [6.07, 6.45) is 5.25. The molecule has 0 atom stereocenters.